The fraction of sp³-hybridized carbons (Fsp3) is 0.667. The summed E-state index contributed by atoms with van der Waals surface area (Å²) in [6.07, 6.45) is 2.76. The quantitative estimate of drug-likeness (QED) is 0.326. The number of hydrogen-bond acceptors (Lipinski definition) is 4. The molecule has 0 radical (unpaired) electrons. The lowest BCUT2D eigenvalue weighted by atomic mass is 10.1. The van der Waals surface area contributed by atoms with Gasteiger partial charge in [0.1, 0.15) is 0 Å². The number of hydrogen-bond donors (Lipinski definition) is 2. The van der Waals surface area contributed by atoms with Crippen LogP contribution in [0.3, 0.4) is 0 Å². The number of aliphatic imine (C=N–C) groups is 1. The van der Waals surface area contributed by atoms with Crippen LogP contribution < -0.4 is 10.6 Å². The summed E-state index contributed by atoms with van der Waals surface area (Å²) in [4.78, 5) is 6.79. The van der Waals surface area contributed by atoms with Gasteiger partial charge in [-0.15, -0.1) is 24.0 Å². The fourth-order valence-electron chi connectivity index (χ4n) is 3.21. The Hall–Kier alpha value is -0.510. The van der Waals surface area contributed by atoms with Crippen molar-refractivity contribution in [2.75, 3.05) is 32.9 Å². The Morgan fingerprint density at radius 3 is 2.25 bits per heavy atom. The van der Waals surface area contributed by atoms with E-state index in [0.29, 0.717) is 12.2 Å². The summed E-state index contributed by atoms with van der Waals surface area (Å²) in [5, 5.41) is 6.80. The molecule has 1 aliphatic heterocycles. The summed E-state index contributed by atoms with van der Waals surface area (Å²) >= 11 is 1.85. The lowest BCUT2D eigenvalue weighted by Crippen LogP contribution is -2.44. The number of thioether (sulfide) groups is 1. The van der Waals surface area contributed by atoms with Crippen molar-refractivity contribution in [3.05, 3.63) is 35.4 Å². The Morgan fingerprint density at radius 2 is 1.71 bits per heavy atom. The molecule has 160 valence electrons. The van der Waals surface area contributed by atoms with E-state index in [2.05, 4.69) is 78.7 Å². The highest BCUT2D eigenvalue weighted by atomic mass is 127. The number of nitrogens with zero attached hydrogens (tertiary/aromatic N) is 2. The van der Waals surface area contributed by atoms with Crippen LogP contribution in [0, 0.1) is 0 Å². The molecule has 0 saturated carbocycles. The van der Waals surface area contributed by atoms with Gasteiger partial charge >= 0.3 is 0 Å². The van der Waals surface area contributed by atoms with E-state index >= 15 is 0 Å². The Labute approximate surface area is 192 Å². The van der Waals surface area contributed by atoms with Gasteiger partial charge in [-0.2, -0.15) is 11.8 Å². The zero-order chi connectivity index (χ0) is 19.9. The van der Waals surface area contributed by atoms with Crippen molar-refractivity contribution >= 4 is 41.7 Å². The van der Waals surface area contributed by atoms with Crippen molar-refractivity contribution in [1.82, 2.24) is 15.5 Å². The first-order valence-electron chi connectivity index (χ1n) is 9.76. The third kappa shape index (κ3) is 8.88. The van der Waals surface area contributed by atoms with E-state index in [1.165, 1.54) is 11.1 Å². The molecule has 0 spiro atoms. The fourth-order valence-corrected chi connectivity index (χ4v) is 3.43. The first-order valence-corrected chi connectivity index (χ1v) is 11.0. The normalized spacial score (nSPS) is 21.1. The first kappa shape index (κ1) is 25.5. The number of nitrogens with one attached hydrogen (secondary N) is 2. The summed E-state index contributed by atoms with van der Waals surface area (Å²) in [5.41, 5.74) is 2.61. The van der Waals surface area contributed by atoms with Crippen LogP contribution in [0.15, 0.2) is 29.3 Å². The topological polar surface area (TPSA) is 48.9 Å². The lowest BCUT2D eigenvalue weighted by molar-refractivity contribution is -0.0704. The van der Waals surface area contributed by atoms with Crippen molar-refractivity contribution in [1.29, 1.82) is 0 Å². The molecule has 0 bridgehead atoms. The van der Waals surface area contributed by atoms with Gasteiger partial charge in [-0.25, -0.2) is 0 Å². The number of guanidine groups is 1. The van der Waals surface area contributed by atoms with Crippen LogP contribution in [0.1, 0.15) is 38.8 Å². The largest absolute Gasteiger partial charge is 0.373 e. The van der Waals surface area contributed by atoms with E-state index in [0.717, 1.165) is 38.7 Å². The average molecular weight is 521 g/mol. The minimum atomic E-state index is 0. The van der Waals surface area contributed by atoms with Crippen LogP contribution in [0.5, 0.6) is 0 Å². The van der Waals surface area contributed by atoms with Crippen LogP contribution >= 0.6 is 35.7 Å². The molecule has 2 N–H and O–H groups in total. The Balaban J connectivity index is 0.00000392. The van der Waals surface area contributed by atoms with Crippen LogP contribution in [0.2, 0.25) is 0 Å². The van der Waals surface area contributed by atoms with Gasteiger partial charge < -0.3 is 15.4 Å². The molecule has 0 aromatic heterocycles. The molecule has 2 rings (SSSR count). The van der Waals surface area contributed by atoms with E-state index in [-0.39, 0.29) is 28.7 Å². The van der Waals surface area contributed by atoms with E-state index in [9.17, 15) is 0 Å². The van der Waals surface area contributed by atoms with E-state index in [4.69, 9.17) is 4.74 Å². The number of rotatable bonds is 7. The van der Waals surface area contributed by atoms with Crippen LogP contribution in [0.4, 0.5) is 0 Å². The van der Waals surface area contributed by atoms with Gasteiger partial charge in [0.25, 0.3) is 0 Å². The molecule has 0 amide bonds. The van der Waals surface area contributed by atoms with Crippen molar-refractivity contribution in [3.63, 3.8) is 0 Å². The maximum atomic E-state index is 5.82. The molecule has 28 heavy (non-hydrogen) atoms. The van der Waals surface area contributed by atoms with Gasteiger partial charge in [0.05, 0.1) is 12.2 Å². The van der Waals surface area contributed by atoms with Gasteiger partial charge in [0, 0.05) is 44.5 Å². The monoisotopic (exact) mass is 520 g/mol. The molecule has 1 heterocycles. The third-order valence-corrected chi connectivity index (χ3v) is 6.09. The molecule has 1 saturated heterocycles. The third-order valence-electron chi connectivity index (χ3n) is 4.84. The molecule has 0 aliphatic carbocycles. The Kier molecular flexibility index (Phi) is 11.2. The van der Waals surface area contributed by atoms with E-state index in [1.54, 1.807) is 0 Å². The molecule has 2 unspecified atom stereocenters. The molecule has 1 fully saturated rings. The smallest absolute Gasteiger partial charge is 0.191 e. The van der Waals surface area contributed by atoms with Gasteiger partial charge in [-0.3, -0.25) is 9.89 Å². The summed E-state index contributed by atoms with van der Waals surface area (Å²) in [6.45, 7) is 13.4. The maximum absolute atomic E-state index is 5.82. The molecular formula is C21H37IN4OS. The minimum absolute atomic E-state index is 0. The molecule has 7 heteroatoms. The highest BCUT2D eigenvalue weighted by Crippen LogP contribution is 2.19. The predicted octanol–water partition coefficient (Wildman–Crippen LogP) is 3.72. The maximum Gasteiger partial charge on any atom is 0.191 e. The van der Waals surface area contributed by atoms with Crippen molar-refractivity contribution in [2.24, 2.45) is 4.99 Å². The highest BCUT2D eigenvalue weighted by Gasteiger charge is 2.22. The second kappa shape index (κ2) is 12.2. The van der Waals surface area contributed by atoms with E-state index in [1.807, 2.05) is 18.8 Å². The van der Waals surface area contributed by atoms with Crippen LogP contribution in [-0.4, -0.2) is 60.8 Å². The Bertz CT molecular complexity index is 599. The van der Waals surface area contributed by atoms with Crippen molar-refractivity contribution < 1.29 is 4.74 Å². The summed E-state index contributed by atoms with van der Waals surface area (Å²) in [5.74, 6) is 0.845. The number of ether oxygens (including phenoxy) is 1. The van der Waals surface area contributed by atoms with Crippen molar-refractivity contribution in [2.45, 2.75) is 57.7 Å². The second-order valence-corrected chi connectivity index (χ2v) is 9.52. The summed E-state index contributed by atoms with van der Waals surface area (Å²) in [7, 11) is 1.81. The number of halogens is 1. The molecular weight excluding hydrogens is 483 g/mol. The second-order valence-electron chi connectivity index (χ2n) is 8.01. The van der Waals surface area contributed by atoms with Crippen LogP contribution in [-0.2, 0) is 17.8 Å². The van der Waals surface area contributed by atoms with Crippen LogP contribution in [0.25, 0.3) is 0 Å². The highest BCUT2D eigenvalue weighted by molar-refractivity contribution is 14.0. The SMILES string of the molecule is CN=C(NCc1ccc(CN2CC(C)OC(C)C2)cc1)NCC(C)(C)SC.I. The first-order chi connectivity index (χ1) is 12.8. The number of morpholine rings is 1. The number of benzene rings is 1. The summed E-state index contributed by atoms with van der Waals surface area (Å²) < 4.78 is 6.01. The van der Waals surface area contributed by atoms with Gasteiger partial charge in [0.15, 0.2) is 5.96 Å². The lowest BCUT2D eigenvalue weighted by Gasteiger charge is -2.35. The Morgan fingerprint density at radius 1 is 1.14 bits per heavy atom. The minimum Gasteiger partial charge on any atom is -0.373 e. The van der Waals surface area contributed by atoms with Gasteiger partial charge in [-0.1, -0.05) is 24.3 Å². The molecule has 1 aromatic rings. The van der Waals surface area contributed by atoms with Crippen molar-refractivity contribution in [3.8, 4) is 0 Å². The van der Waals surface area contributed by atoms with E-state index < -0.39 is 0 Å². The molecule has 2 atom stereocenters. The average Bonchev–Trinajstić information content (AvgIpc) is 2.62. The zero-order valence-corrected chi connectivity index (χ0v) is 21.3. The summed E-state index contributed by atoms with van der Waals surface area (Å²) in [6, 6.07) is 8.87. The molecule has 1 aliphatic rings. The predicted molar refractivity (Wildman–Crippen MR) is 133 cm³/mol. The molecule has 1 aromatic carbocycles. The zero-order valence-electron chi connectivity index (χ0n) is 18.1. The van der Waals surface area contributed by atoms with Gasteiger partial charge in [0.2, 0.25) is 0 Å². The van der Waals surface area contributed by atoms with Gasteiger partial charge in [-0.05, 0) is 45.1 Å². The molecule has 5 nitrogen and oxygen atoms in total. The standard InChI is InChI=1S/C21H36N4OS.HI/c1-16-12-25(13-17(2)26-16)14-19-9-7-18(8-10-19)11-23-20(22-5)24-15-21(3,4)27-6;/h7-10,16-17H,11-15H2,1-6H3,(H2,22,23,24);1H.